The van der Waals surface area contributed by atoms with E-state index >= 15 is 0 Å². The molecule has 6 heteroatoms. The molecule has 0 aliphatic heterocycles. The number of carbonyl (C=O) groups is 1. The summed E-state index contributed by atoms with van der Waals surface area (Å²) in [5.41, 5.74) is 4.87. The summed E-state index contributed by atoms with van der Waals surface area (Å²) in [6, 6.07) is 13.7. The zero-order chi connectivity index (χ0) is 18.7. The van der Waals surface area contributed by atoms with Crippen LogP contribution < -0.4 is 5.32 Å². The molecular formula is C20H22N4OS. The summed E-state index contributed by atoms with van der Waals surface area (Å²) < 4.78 is 1.90. The van der Waals surface area contributed by atoms with E-state index < -0.39 is 0 Å². The quantitative estimate of drug-likeness (QED) is 0.674. The normalized spacial score (nSPS) is 12.0. The van der Waals surface area contributed by atoms with Crippen LogP contribution in [-0.2, 0) is 7.05 Å². The van der Waals surface area contributed by atoms with Crippen LogP contribution in [0.2, 0.25) is 0 Å². The number of hydrogen-bond acceptors (Lipinski definition) is 4. The third-order valence-corrected chi connectivity index (χ3v) is 5.54. The fourth-order valence-corrected chi connectivity index (χ4v) is 3.47. The Hall–Kier alpha value is -2.60. The summed E-state index contributed by atoms with van der Waals surface area (Å²) >= 11 is 1.63. The van der Waals surface area contributed by atoms with Gasteiger partial charge in [0.05, 0.1) is 0 Å². The van der Waals surface area contributed by atoms with Gasteiger partial charge in [-0.15, -0.1) is 10.2 Å². The molecule has 0 unspecified atom stereocenters. The minimum atomic E-state index is -0.0983. The van der Waals surface area contributed by atoms with E-state index in [9.17, 15) is 4.79 Å². The molecule has 1 aromatic heterocycles. The van der Waals surface area contributed by atoms with E-state index in [-0.39, 0.29) is 11.2 Å². The molecule has 0 aliphatic carbocycles. The molecule has 1 amide bonds. The van der Waals surface area contributed by atoms with Crippen molar-refractivity contribution in [1.82, 2.24) is 14.8 Å². The van der Waals surface area contributed by atoms with Gasteiger partial charge in [-0.3, -0.25) is 4.79 Å². The zero-order valence-corrected chi connectivity index (χ0v) is 16.2. The van der Waals surface area contributed by atoms with Crippen LogP contribution in [0.15, 0.2) is 53.9 Å². The topological polar surface area (TPSA) is 59.8 Å². The summed E-state index contributed by atoms with van der Waals surface area (Å²) in [6.45, 7) is 6.17. The van der Waals surface area contributed by atoms with Crippen LogP contribution in [0, 0.1) is 13.8 Å². The van der Waals surface area contributed by atoms with Crippen molar-refractivity contribution in [2.45, 2.75) is 31.2 Å². The molecule has 5 nitrogen and oxygen atoms in total. The average molecular weight is 366 g/mol. The lowest BCUT2D eigenvalue weighted by molar-refractivity contribution is 0.102. The highest BCUT2D eigenvalue weighted by molar-refractivity contribution is 7.99. The van der Waals surface area contributed by atoms with Gasteiger partial charge < -0.3 is 9.88 Å². The van der Waals surface area contributed by atoms with E-state index in [0.717, 1.165) is 22.0 Å². The molecule has 0 saturated heterocycles. The van der Waals surface area contributed by atoms with Crippen molar-refractivity contribution in [2.24, 2.45) is 7.05 Å². The fraction of sp³-hybridized carbons (Fsp3) is 0.250. The second-order valence-corrected chi connectivity index (χ2v) is 7.67. The highest BCUT2D eigenvalue weighted by Crippen LogP contribution is 2.34. The lowest BCUT2D eigenvalue weighted by atomic mass is 10.1. The Morgan fingerprint density at radius 1 is 1.15 bits per heavy atom. The van der Waals surface area contributed by atoms with Crippen LogP contribution in [0.1, 0.15) is 39.2 Å². The van der Waals surface area contributed by atoms with E-state index in [1.54, 1.807) is 18.1 Å². The number of amides is 1. The van der Waals surface area contributed by atoms with Crippen LogP contribution >= 0.6 is 11.8 Å². The van der Waals surface area contributed by atoms with E-state index in [1.807, 2.05) is 61.9 Å². The van der Waals surface area contributed by atoms with Crippen molar-refractivity contribution in [1.29, 1.82) is 0 Å². The van der Waals surface area contributed by atoms with Gasteiger partial charge in [-0.25, -0.2) is 0 Å². The van der Waals surface area contributed by atoms with Crippen LogP contribution in [0.5, 0.6) is 0 Å². The van der Waals surface area contributed by atoms with E-state index in [0.29, 0.717) is 5.56 Å². The van der Waals surface area contributed by atoms with Gasteiger partial charge in [-0.2, -0.15) is 0 Å². The fourth-order valence-electron chi connectivity index (χ4n) is 2.56. The maximum Gasteiger partial charge on any atom is 0.255 e. The first-order valence-electron chi connectivity index (χ1n) is 8.43. The first-order valence-corrected chi connectivity index (χ1v) is 9.31. The molecule has 1 N–H and O–H groups in total. The summed E-state index contributed by atoms with van der Waals surface area (Å²) in [7, 11) is 1.93. The molecule has 0 saturated carbocycles. The molecule has 134 valence electrons. The maximum absolute atomic E-state index is 12.5. The van der Waals surface area contributed by atoms with Crippen molar-refractivity contribution >= 4 is 23.4 Å². The second-order valence-electron chi connectivity index (χ2n) is 6.36. The van der Waals surface area contributed by atoms with E-state index in [1.165, 1.54) is 5.56 Å². The Morgan fingerprint density at radius 3 is 2.65 bits per heavy atom. The summed E-state index contributed by atoms with van der Waals surface area (Å²) in [5, 5.41) is 12.1. The van der Waals surface area contributed by atoms with E-state index in [4.69, 9.17) is 0 Å². The monoisotopic (exact) mass is 366 g/mol. The SMILES string of the molecule is Cc1ccc(C(=O)Nc2cccc([C@H](C)Sc3nncn3C)c2)cc1C. The molecule has 0 aliphatic rings. The van der Waals surface area contributed by atoms with Crippen LogP contribution in [-0.4, -0.2) is 20.7 Å². The Morgan fingerprint density at radius 2 is 1.96 bits per heavy atom. The summed E-state index contributed by atoms with van der Waals surface area (Å²) in [4.78, 5) is 12.5. The Labute approximate surface area is 157 Å². The average Bonchev–Trinajstić information content (AvgIpc) is 3.02. The molecular weight excluding hydrogens is 344 g/mol. The number of hydrogen-bond donors (Lipinski definition) is 1. The predicted molar refractivity (Wildman–Crippen MR) is 106 cm³/mol. The Balaban J connectivity index is 1.73. The molecule has 0 radical (unpaired) electrons. The number of nitrogens with zero attached hydrogens (tertiary/aromatic N) is 3. The third-order valence-electron chi connectivity index (χ3n) is 4.34. The second kappa shape index (κ2) is 7.74. The largest absolute Gasteiger partial charge is 0.322 e. The van der Waals surface area contributed by atoms with Gasteiger partial charge >= 0.3 is 0 Å². The third kappa shape index (κ3) is 4.14. The molecule has 1 atom stereocenters. The smallest absolute Gasteiger partial charge is 0.255 e. The van der Waals surface area contributed by atoms with Crippen molar-refractivity contribution < 1.29 is 4.79 Å². The Bertz CT molecular complexity index is 935. The van der Waals surface area contributed by atoms with E-state index in [2.05, 4.69) is 28.5 Å². The highest BCUT2D eigenvalue weighted by Gasteiger charge is 2.13. The van der Waals surface area contributed by atoms with Crippen molar-refractivity contribution in [3.63, 3.8) is 0 Å². The molecule has 26 heavy (non-hydrogen) atoms. The predicted octanol–water partition coefficient (Wildman–Crippen LogP) is 4.54. The van der Waals surface area contributed by atoms with Crippen molar-refractivity contribution in [2.75, 3.05) is 5.32 Å². The van der Waals surface area contributed by atoms with Gasteiger partial charge in [0.2, 0.25) is 0 Å². The van der Waals surface area contributed by atoms with Crippen LogP contribution in [0.25, 0.3) is 0 Å². The molecule has 0 fully saturated rings. The van der Waals surface area contributed by atoms with Gasteiger partial charge in [0.1, 0.15) is 6.33 Å². The molecule has 2 aromatic carbocycles. The number of thioether (sulfide) groups is 1. The number of aryl methyl sites for hydroxylation is 3. The van der Waals surface area contributed by atoms with Gasteiger partial charge in [0.25, 0.3) is 5.91 Å². The number of aromatic nitrogens is 3. The van der Waals surface area contributed by atoms with Gasteiger partial charge in [0.15, 0.2) is 5.16 Å². The molecule has 0 spiro atoms. The van der Waals surface area contributed by atoms with Crippen LogP contribution in [0.4, 0.5) is 5.69 Å². The van der Waals surface area contributed by atoms with Crippen LogP contribution in [0.3, 0.4) is 0 Å². The molecule has 0 bridgehead atoms. The number of rotatable bonds is 5. The minimum absolute atomic E-state index is 0.0983. The number of anilines is 1. The zero-order valence-electron chi connectivity index (χ0n) is 15.4. The number of carbonyl (C=O) groups excluding carboxylic acids is 1. The highest BCUT2D eigenvalue weighted by atomic mass is 32.2. The van der Waals surface area contributed by atoms with Crippen molar-refractivity contribution in [3.05, 3.63) is 71.0 Å². The first kappa shape index (κ1) is 18.2. The standard InChI is InChI=1S/C20H22N4OS/c1-13-8-9-17(10-14(13)2)19(25)22-18-7-5-6-16(11-18)15(3)26-20-23-21-12-24(20)4/h5-12,15H,1-4H3,(H,22,25)/t15-/m0/s1. The first-order chi connectivity index (χ1) is 12.4. The minimum Gasteiger partial charge on any atom is -0.322 e. The number of benzene rings is 2. The van der Waals surface area contributed by atoms with Gasteiger partial charge in [-0.05, 0) is 61.7 Å². The van der Waals surface area contributed by atoms with Gasteiger partial charge in [-0.1, -0.05) is 30.0 Å². The maximum atomic E-state index is 12.5. The lowest BCUT2D eigenvalue weighted by Gasteiger charge is -2.13. The molecule has 1 heterocycles. The number of nitrogens with one attached hydrogen (secondary N) is 1. The molecule has 3 rings (SSSR count). The summed E-state index contributed by atoms with van der Waals surface area (Å²) in [5.74, 6) is -0.0983. The lowest BCUT2D eigenvalue weighted by Crippen LogP contribution is -2.12. The Kier molecular flexibility index (Phi) is 5.42. The molecule has 3 aromatic rings. The van der Waals surface area contributed by atoms with Crippen molar-refractivity contribution in [3.8, 4) is 0 Å². The van der Waals surface area contributed by atoms with Gasteiger partial charge in [0, 0.05) is 23.5 Å². The summed E-state index contributed by atoms with van der Waals surface area (Å²) in [6.07, 6.45) is 1.69.